The van der Waals surface area contributed by atoms with E-state index in [9.17, 15) is 4.39 Å². The molecule has 0 fully saturated rings. The normalized spacial score (nSPS) is 10.7. The Balaban J connectivity index is 2.11. The molecule has 0 bridgehead atoms. The van der Waals surface area contributed by atoms with E-state index >= 15 is 0 Å². The number of nitrogens with zero attached hydrogens (tertiary/aromatic N) is 2. The molecule has 2 aromatic rings. The molecule has 0 heterocycles. The number of methoxy groups -OCH3 is 1. The molecule has 0 amide bonds. The van der Waals surface area contributed by atoms with Gasteiger partial charge in [0.25, 0.3) is 0 Å². The zero-order chi connectivity index (χ0) is 12.1. The second-order valence-corrected chi connectivity index (χ2v) is 3.37. The molecule has 0 aliphatic rings. The van der Waals surface area contributed by atoms with Gasteiger partial charge in [-0.2, -0.15) is 10.2 Å². The summed E-state index contributed by atoms with van der Waals surface area (Å²) < 4.78 is 17.7. The van der Waals surface area contributed by atoms with Gasteiger partial charge >= 0.3 is 0 Å². The third kappa shape index (κ3) is 3.11. The van der Waals surface area contributed by atoms with Crippen LogP contribution in [-0.4, -0.2) is 7.11 Å². The highest BCUT2D eigenvalue weighted by Crippen LogP contribution is 2.20. The van der Waals surface area contributed by atoms with Crippen LogP contribution in [0.15, 0.2) is 58.8 Å². The molecule has 2 aromatic carbocycles. The number of hydrogen-bond donors (Lipinski definition) is 0. The SMILES string of the molecule is COc1ccc(N=Nc2ccc(F)cc2)cc1. The lowest BCUT2D eigenvalue weighted by Crippen LogP contribution is -1.79. The first-order valence-corrected chi connectivity index (χ1v) is 5.09. The van der Waals surface area contributed by atoms with Crippen molar-refractivity contribution in [2.75, 3.05) is 7.11 Å². The van der Waals surface area contributed by atoms with E-state index in [1.165, 1.54) is 12.1 Å². The monoisotopic (exact) mass is 230 g/mol. The van der Waals surface area contributed by atoms with Gasteiger partial charge in [-0.1, -0.05) is 0 Å². The summed E-state index contributed by atoms with van der Waals surface area (Å²) in [6, 6.07) is 13.0. The summed E-state index contributed by atoms with van der Waals surface area (Å²) >= 11 is 0. The van der Waals surface area contributed by atoms with Crippen LogP contribution in [0, 0.1) is 5.82 Å². The number of benzene rings is 2. The molecule has 0 spiro atoms. The average Bonchev–Trinajstić information content (AvgIpc) is 2.39. The van der Waals surface area contributed by atoms with Crippen LogP contribution in [0.1, 0.15) is 0 Å². The zero-order valence-corrected chi connectivity index (χ0v) is 9.30. The largest absolute Gasteiger partial charge is 0.497 e. The highest BCUT2D eigenvalue weighted by molar-refractivity contribution is 5.42. The van der Waals surface area contributed by atoms with Crippen LogP contribution in [-0.2, 0) is 0 Å². The third-order valence-corrected chi connectivity index (χ3v) is 2.18. The van der Waals surface area contributed by atoms with Crippen molar-refractivity contribution in [1.82, 2.24) is 0 Å². The average molecular weight is 230 g/mol. The van der Waals surface area contributed by atoms with E-state index in [-0.39, 0.29) is 5.82 Å². The minimum absolute atomic E-state index is 0.284. The Morgan fingerprint density at radius 3 is 1.76 bits per heavy atom. The molecule has 0 saturated carbocycles. The summed E-state index contributed by atoms with van der Waals surface area (Å²) in [5.41, 5.74) is 1.33. The van der Waals surface area contributed by atoms with Crippen LogP contribution in [0.4, 0.5) is 15.8 Å². The highest BCUT2D eigenvalue weighted by Gasteiger charge is 1.93. The molecule has 0 aliphatic carbocycles. The summed E-state index contributed by atoms with van der Waals surface area (Å²) in [5, 5.41) is 8.02. The van der Waals surface area contributed by atoms with Gasteiger partial charge in [0.15, 0.2) is 0 Å². The van der Waals surface area contributed by atoms with E-state index in [1.807, 2.05) is 0 Å². The quantitative estimate of drug-likeness (QED) is 0.725. The standard InChI is InChI=1S/C13H11FN2O/c1-17-13-8-6-12(7-9-13)16-15-11-4-2-10(14)3-5-11/h2-9H,1H3. The van der Waals surface area contributed by atoms with Crippen molar-refractivity contribution < 1.29 is 9.13 Å². The van der Waals surface area contributed by atoms with Gasteiger partial charge in [-0.05, 0) is 48.5 Å². The number of rotatable bonds is 3. The van der Waals surface area contributed by atoms with Crippen molar-refractivity contribution in [2.45, 2.75) is 0 Å². The fraction of sp³-hybridized carbons (Fsp3) is 0.0769. The second-order valence-electron chi connectivity index (χ2n) is 3.37. The Labute approximate surface area is 98.6 Å². The van der Waals surface area contributed by atoms with Crippen LogP contribution >= 0.6 is 0 Å². The van der Waals surface area contributed by atoms with Crippen molar-refractivity contribution in [3.8, 4) is 5.75 Å². The van der Waals surface area contributed by atoms with Gasteiger partial charge in [0.05, 0.1) is 18.5 Å². The van der Waals surface area contributed by atoms with Crippen molar-refractivity contribution >= 4 is 11.4 Å². The van der Waals surface area contributed by atoms with E-state index in [2.05, 4.69) is 10.2 Å². The first-order valence-electron chi connectivity index (χ1n) is 5.09. The lowest BCUT2D eigenvalue weighted by Gasteiger charge is -1.98. The fourth-order valence-electron chi connectivity index (χ4n) is 1.27. The molecule has 0 radical (unpaired) electrons. The molecule has 0 aromatic heterocycles. The van der Waals surface area contributed by atoms with Crippen LogP contribution < -0.4 is 4.74 Å². The van der Waals surface area contributed by atoms with Gasteiger partial charge in [0, 0.05) is 0 Å². The molecule has 0 atom stereocenters. The van der Waals surface area contributed by atoms with Gasteiger partial charge in [-0.25, -0.2) is 4.39 Å². The van der Waals surface area contributed by atoms with Crippen molar-refractivity contribution in [3.63, 3.8) is 0 Å². The lowest BCUT2D eigenvalue weighted by atomic mass is 10.3. The van der Waals surface area contributed by atoms with E-state index in [0.717, 1.165) is 11.4 Å². The Hall–Kier alpha value is -2.23. The van der Waals surface area contributed by atoms with Crippen LogP contribution in [0.2, 0.25) is 0 Å². The summed E-state index contributed by atoms with van der Waals surface area (Å²) in [6.45, 7) is 0. The highest BCUT2D eigenvalue weighted by atomic mass is 19.1. The number of azo groups is 1. The van der Waals surface area contributed by atoms with Crippen LogP contribution in [0.3, 0.4) is 0 Å². The summed E-state index contributed by atoms with van der Waals surface area (Å²) in [7, 11) is 1.61. The first kappa shape index (κ1) is 11.3. The van der Waals surface area contributed by atoms with Gasteiger partial charge in [0.1, 0.15) is 11.6 Å². The molecule has 17 heavy (non-hydrogen) atoms. The number of ether oxygens (including phenoxy) is 1. The van der Waals surface area contributed by atoms with Crippen molar-refractivity contribution in [1.29, 1.82) is 0 Å². The summed E-state index contributed by atoms with van der Waals surface area (Å²) in [6.07, 6.45) is 0. The van der Waals surface area contributed by atoms with E-state index in [4.69, 9.17) is 4.74 Å². The number of hydrogen-bond acceptors (Lipinski definition) is 3. The topological polar surface area (TPSA) is 34.0 Å². The minimum Gasteiger partial charge on any atom is -0.497 e. The summed E-state index contributed by atoms with van der Waals surface area (Å²) in [4.78, 5) is 0. The van der Waals surface area contributed by atoms with Crippen LogP contribution in [0.25, 0.3) is 0 Å². The fourth-order valence-corrected chi connectivity index (χ4v) is 1.27. The smallest absolute Gasteiger partial charge is 0.123 e. The predicted molar refractivity (Wildman–Crippen MR) is 63.6 cm³/mol. The molecule has 0 N–H and O–H groups in total. The number of halogens is 1. The lowest BCUT2D eigenvalue weighted by molar-refractivity contribution is 0.415. The molecule has 2 rings (SSSR count). The first-order chi connectivity index (χ1) is 8.28. The molecule has 4 heteroatoms. The third-order valence-electron chi connectivity index (χ3n) is 2.18. The molecule has 0 saturated heterocycles. The Bertz CT molecular complexity index is 506. The molecule has 86 valence electrons. The van der Waals surface area contributed by atoms with Gasteiger partial charge < -0.3 is 4.74 Å². The minimum atomic E-state index is -0.284. The van der Waals surface area contributed by atoms with E-state index < -0.39 is 0 Å². The molecule has 0 aliphatic heterocycles. The van der Waals surface area contributed by atoms with Crippen LogP contribution in [0.5, 0.6) is 5.75 Å². The Kier molecular flexibility index (Phi) is 3.45. The zero-order valence-electron chi connectivity index (χ0n) is 9.30. The van der Waals surface area contributed by atoms with E-state index in [0.29, 0.717) is 5.69 Å². The molecular weight excluding hydrogens is 219 g/mol. The maximum atomic E-state index is 12.6. The van der Waals surface area contributed by atoms with Crippen molar-refractivity contribution in [2.24, 2.45) is 10.2 Å². The maximum Gasteiger partial charge on any atom is 0.123 e. The van der Waals surface area contributed by atoms with Gasteiger partial charge in [-0.3, -0.25) is 0 Å². The summed E-state index contributed by atoms with van der Waals surface area (Å²) in [5.74, 6) is 0.485. The molecule has 0 unspecified atom stereocenters. The Morgan fingerprint density at radius 2 is 1.29 bits per heavy atom. The van der Waals surface area contributed by atoms with Gasteiger partial charge in [0.2, 0.25) is 0 Å². The molecule has 3 nitrogen and oxygen atoms in total. The molecular formula is C13H11FN2O. The van der Waals surface area contributed by atoms with Gasteiger partial charge in [-0.15, -0.1) is 0 Å². The van der Waals surface area contributed by atoms with Crippen molar-refractivity contribution in [3.05, 3.63) is 54.3 Å². The van der Waals surface area contributed by atoms with E-state index in [1.54, 1.807) is 43.5 Å². The Morgan fingerprint density at radius 1 is 0.824 bits per heavy atom. The second kappa shape index (κ2) is 5.21. The maximum absolute atomic E-state index is 12.6. The predicted octanol–water partition coefficient (Wildman–Crippen LogP) is 4.25.